The van der Waals surface area contributed by atoms with Gasteiger partial charge in [-0.2, -0.15) is 0 Å². The van der Waals surface area contributed by atoms with Gasteiger partial charge in [-0.05, 0) is 38.3 Å². The van der Waals surface area contributed by atoms with Gasteiger partial charge >= 0.3 is 0 Å². The van der Waals surface area contributed by atoms with Gasteiger partial charge in [0, 0.05) is 11.6 Å². The van der Waals surface area contributed by atoms with Crippen LogP contribution in [0.3, 0.4) is 0 Å². The van der Waals surface area contributed by atoms with Crippen molar-refractivity contribution in [3.05, 3.63) is 29.3 Å². The fraction of sp³-hybridized carbons (Fsp3) is 0.571. The zero-order valence-electron chi connectivity index (χ0n) is 10.4. The molecule has 1 heterocycles. The predicted molar refractivity (Wildman–Crippen MR) is 66.9 cm³/mol. The number of nitrogens with one attached hydrogen (secondary N) is 1. The van der Waals surface area contributed by atoms with Crippen LogP contribution in [0.5, 0.6) is 5.75 Å². The molecule has 0 spiro atoms. The Kier molecular flexibility index (Phi) is 3.49. The molecule has 16 heavy (non-hydrogen) atoms. The molecule has 2 nitrogen and oxygen atoms in total. The lowest BCUT2D eigenvalue weighted by Crippen LogP contribution is -2.33. The molecule has 0 bridgehead atoms. The van der Waals surface area contributed by atoms with Crippen LogP contribution in [-0.2, 0) is 0 Å². The minimum Gasteiger partial charge on any atom is -0.496 e. The van der Waals surface area contributed by atoms with E-state index in [0.717, 1.165) is 12.3 Å². The monoisotopic (exact) mass is 219 g/mol. The number of aryl methyl sites for hydroxylation is 1. The summed E-state index contributed by atoms with van der Waals surface area (Å²) in [5.41, 5.74) is 2.62. The number of piperidine rings is 1. The van der Waals surface area contributed by atoms with Crippen molar-refractivity contribution < 1.29 is 4.74 Å². The third kappa shape index (κ3) is 2.22. The van der Waals surface area contributed by atoms with E-state index in [1.165, 1.54) is 24.0 Å². The molecule has 0 radical (unpaired) electrons. The summed E-state index contributed by atoms with van der Waals surface area (Å²) in [4.78, 5) is 0. The van der Waals surface area contributed by atoms with Crippen molar-refractivity contribution in [2.75, 3.05) is 13.7 Å². The molecule has 2 unspecified atom stereocenters. The lowest BCUT2D eigenvalue weighted by atomic mass is 9.87. The summed E-state index contributed by atoms with van der Waals surface area (Å²) in [6.45, 7) is 5.57. The maximum Gasteiger partial charge on any atom is 0.123 e. The van der Waals surface area contributed by atoms with E-state index in [2.05, 4.69) is 37.4 Å². The van der Waals surface area contributed by atoms with Crippen LogP contribution >= 0.6 is 0 Å². The Balaban J connectivity index is 2.33. The van der Waals surface area contributed by atoms with Crippen molar-refractivity contribution in [3.63, 3.8) is 0 Å². The lowest BCUT2D eigenvalue weighted by molar-refractivity contribution is 0.295. The maximum atomic E-state index is 5.46. The fourth-order valence-corrected chi connectivity index (χ4v) is 2.56. The van der Waals surface area contributed by atoms with Gasteiger partial charge in [0.15, 0.2) is 0 Å². The molecule has 0 saturated carbocycles. The molecule has 2 heteroatoms. The topological polar surface area (TPSA) is 21.3 Å². The van der Waals surface area contributed by atoms with Crippen molar-refractivity contribution in [2.24, 2.45) is 5.92 Å². The number of hydrogen-bond donors (Lipinski definition) is 1. The number of benzene rings is 1. The van der Waals surface area contributed by atoms with E-state index in [9.17, 15) is 0 Å². The third-order valence-electron chi connectivity index (χ3n) is 3.49. The Hall–Kier alpha value is -1.02. The molecule has 1 aromatic carbocycles. The summed E-state index contributed by atoms with van der Waals surface area (Å²) < 4.78 is 5.46. The molecule has 1 N–H and O–H groups in total. The van der Waals surface area contributed by atoms with E-state index in [4.69, 9.17) is 4.74 Å². The van der Waals surface area contributed by atoms with Gasteiger partial charge in [-0.3, -0.25) is 0 Å². The molecule has 1 aliphatic rings. The number of ether oxygens (including phenoxy) is 1. The predicted octanol–water partition coefficient (Wildman–Crippen LogP) is 3.06. The first kappa shape index (κ1) is 11.5. The first-order chi connectivity index (χ1) is 7.72. The SMILES string of the molecule is COc1ccc(C)cc1C1NCCCC1C. The highest BCUT2D eigenvalue weighted by atomic mass is 16.5. The van der Waals surface area contributed by atoms with Crippen LogP contribution in [0.2, 0.25) is 0 Å². The lowest BCUT2D eigenvalue weighted by Gasteiger charge is -2.31. The molecule has 2 atom stereocenters. The molecular weight excluding hydrogens is 198 g/mol. The fourth-order valence-electron chi connectivity index (χ4n) is 2.56. The minimum atomic E-state index is 0.448. The average Bonchev–Trinajstić information content (AvgIpc) is 2.29. The van der Waals surface area contributed by atoms with Crippen LogP contribution in [0.25, 0.3) is 0 Å². The van der Waals surface area contributed by atoms with Crippen molar-refractivity contribution >= 4 is 0 Å². The zero-order valence-corrected chi connectivity index (χ0v) is 10.4. The first-order valence-electron chi connectivity index (χ1n) is 6.10. The third-order valence-corrected chi connectivity index (χ3v) is 3.49. The average molecular weight is 219 g/mol. The summed E-state index contributed by atoms with van der Waals surface area (Å²) >= 11 is 0. The number of rotatable bonds is 2. The van der Waals surface area contributed by atoms with Crippen molar-refractivity contribution in [1.82, 2.24) is 5.32 Å². The molecule has 2 rings (SSSR count). The molecule has 0 amide bonds. The van der Waals surface area contributed by atoms with Crippen molar-refractivity contribution in [1.29, 1.82) is 0 Å². The van der Waals surface area contributed by atoms with Crippen molar-refractivity contribution in [3.8, 4) is 5.75 Å². The highest BCUT2D eigenvalue weighted by Crippen LogP contribution is 2.34. The molecule has 1 saturated heterocycles. The van der Waals surface area contributed by atoms with E-state index < -0.39 is 0 Å². The second kappa shape index (κ2) is 4.88. The molecule has 1 fully saturated rings. The zero-order chi connectivity index (χ0) is 11.5. The Labute approximate surface area is 98.0 Å². The number of hydrogen-bond acceptors (Lipinski definition) is 2. The van der Waals surface area contributed by atoms with Crippen LogP contribution in [0.4, 0.5) is 0 Å². The summed E-state index contributed by atoms with van der Waals surface area (Å²) in [5, 5.41) is 3.61. The highest BCUT2D eigenvalue weighted by molar-refractivity contribution is 5.39. The Bertz CT molecular complexity index is 362. The van der Waals surface area contributed by atoms with Gasteiger partial charge in [0.2, 0.25) is 0 Å². The molecule has 1 aliphatic heterocycles. The standard InChI is InChI=1S/C14H21NO/c1-10-6-7-13(16-3)12(9-10)14-11(2)5-4-8-15-14/h6-7,9,11,14-15H,4-5,8H2,1-3H3. The van der Waals surface area contributed by atoms with Gasteiger partial charge in [0.05, 0.1) is 7.11 Å². The van der Waals surface area contributed by atoms with Gasteiger partial charge in [-0.15, -0.1) is 0 Å². The second-order valence-corrected chi connectivity index (χ2v) is 4.80. The molecule has 0 aliphatic carbocycles. The van der Waals surface area contributed by atoms with Crippen LogP contribution in [-0.4, -0.2) is 13.7 Å². The van der Waals surface area contributed by atoms with Crippen LogP contribution in [0.15, 0.2) is 18.2 Å². The van der Waals surface area contributed by atoms with Gasteiger partial charge in [-0.1, -0.05) is 24.6 Å². The van der Waals surface area contributed by atoms with Crippen LogP contribution < -0.4 is 10.1 Å². The molecule has 0 aromatic heterocycles. The Morgan fingerprint density at radius 2 is 2.19 bits per heavy atom. The molecular formula is C14H21NO. The van der Waals surface area contributed by atoms with Gasteiger partial charge in [0.1, 0.15) is 5.75 Å². The summed E-state index contributed by atoms with van der Waals surface area (Å²) in [6, 6.07) is 6.88. The van der Waals surface area contributed by atoms with E-state index in [-0.39, 0.29) is 0 Å². The Morgan fingerprint density at radius 1 is 1.38 bits per heavy atom. The maximum absolute atomic E-state index is 5.46. The quantitative estimate of drug-likeness (QED) is 0.825. The smallest absolute Gasteiger partial charge is 0.123 e. The molecule has 1 aromatic rings. The summed E-state index contributed by atoms with van der Waals surface area (Å²) in [5.74, 6) is 1.70. The van der Waals surface area contributed by atoms with E-state index in [0.29, 0.717) is 12.0 Å². The van der Waals surface area contributed by atoms with E-state index >= 15 is 0 Å². The largest absolute Gasteiger partial charge is 0.496 e. The van der Waals surface area contributed by atoms with E-state index in [1.807, 2.05) is 0 Å². The summed E-state index contributed by atoms with van der Waals surface area (Å²) in [7, 11) is 1.75. The van der Waals surface area contributed by atoms with Crippen molar-refractivity contribution in [2.45, 2.75) is 32.7 Å². The number of methoxy groups -OCH3 is 1. The van der Waals surface area contributed by atoms with Gasteiger partial charge in [-0.25, -0.2) is 0 Å². The second-order valence-electron chi connectivity index (χ2n) is 4.80. The van der Waals surface area contributed by atoms with Crippen LogP contribution in [0.1, 0.15) is 36.9 Å². The first-order valence-corrected chi connectivity index (χ1v) is 6.10. The van der Waals surface area contributed by atoms with Gasteiger partial charge < -0.3 is 10.1 Å². The molecule has 88 valence electrons. The highest BCUT2D eigenvalue weighted by Gasteiger charge is 2.24. The summed E-state index contributed by atoms with van der Waals surface area (Å²) in [6.07, 6.45) is 2.58. The van der Waals surface area contributed by atoms with Gasteiger partial charge in [0.25, 0.3) is 0 Å². The Morgan fingerprint density at radius 3 is 2.88 bits per heavy atom. The van der Waals surface area contributed by atoms with Crippen LogP contribution in [0, 0.1) is 12.8 Å². The minimum absolute atomic E-state index is 0.448. The normalized spacial score (nSPS) is 25.4. The van der Waals surface area contributed by atoms with E-state index in [1.54, 1.807) is 7.11 Å².